The van der Waals surface area contributed by atoms with Crippen molar-refractivity contribution in [3.8, 4) is 0 Å². The molecule has 0 fully saturated rings. The van der Waals surface area contributed by atoms with Crippen molar-refractivity contribution < 1.29 is 19.1 Å². The molecule has 0 radical (unpaired) electrons. The Labute approximate surface area is 158 Å². The number of rotatable bonds is 5. The number of aromatic amines is 1. The molecule has 2 N–H and O–H groups in total. The lowest BCUT2D eigenvalue weighted by Crippen LogP contribution is -2.63. The number of carbonyl (C=O) groups is 2. The number of para-hydroxylation sites is 1. The van der Waals surface area contributed by atoms with Crippen LogP contribution < -0.4 is 5.32 Å². The van der Waals surface area contributed by atoms with E-state index in [0.29, 0.717) is 0 Å². The van der Waals surface area contributed by atoms with E-state index in [1.54, 1.807) is 13.8 Å². The third kappa shape index (κ3) is 3.37. The average Bonchev–Trinajstić information content (AvgIpc) is 3.00. The van der Waals surface area contributed by atoms with E-state index in [1.165, 1.54) is 0 Å². The Kier molecular flexibility index (Phi) is 5.37. The molecule has 1 unspecified atom stereocenters. The topological polar surface area (TPSA) is 80.4 Å². The molecule has 144 valence electrons. The van der Waals surface area contributed by atoms with E-state index >= 15 is 0 Å². The zero-order valence-corrected chi connectivity index (χ0v) is 16.2. The number of H-pyrrole nitrogens is 1. The lowest BCUT2D eigenvalue weighted by molar-refractivity contribution is -0.167. The summed E-state index contributed by atoms with van der Waals surface area (Å²) in [6.07, 6.45) is 2.18. The van der Waals surface area contributed by atoms with Gasteiger partial charge in [0.1, 0.15) is 0 Å². The van der Waals surface area contributed by atoms with E-state index in [2.05, 4.69) is 10.3 Å². The van der Waals surface area contributed by atoms with Gasteiger partial charge in [0.2, 0.25) is 5.54 Å². The highest BCUT2D eigenvalue weighted by Crippen LogP contribution is 2.37. The first-order chi connectivity index (χ1) is 12.9. The standard InChI is InChI=1S/C21H26N2O4/c1-5-26-19(24)21(20(25)27-6-2)12-15-14-9-7-8-10-16(14)22-18(15)17(23-21)11-13(3)4/h7-11,17,22-23H,5-6,12H2,1-4H3. The Morgan fingerprint density at radius 2 is 1.78 bits per heavy atom. The third-order valence-corrected chi connectivity index (χ3v) is 4.75. The Hall–Kier alpha value is -2.60. The smallest absolute Gasteiger partial charge is 0.338 e. The molecule has 1 atom stereocenters. The van der Waals surface area contributed by atoms with Gasteiger partial charge in [-0.15, -0.1) is 0 Å². The molecule has 0 saturated carbocycles. The number of hydrogen-bond donors (Lipinski definition) is 2. The molecular weight excluding hydrogens is 344 g/mol. The number of fused-ring (bicyclic) bond motifs is 3. The molecule has 0 bridgehead atoms. The van der Waals surface area contributed by atoms with Gasteiger partial charge in [-0.3, -0.25) is 5.32 Å². The van der Waals surface area contributed by atoms with Gasteiger partial charge in [-0.2, -0.15) is 0 Å². The fourth-order valence-corrected chi connectivity index (χ4v) is 3.64. The summed E-state index contributed by atoms with van der Waals surface area (Å²) >= 11 is 0. The van der Waals surface area contributed by atoms with E-state index in [-0.39, 0.29) is 25.7 Å². The third-order valence-electron chi connectivity index (χ3n) is 4.75. The molecule has 0 spiro atoms. The minimum atomic E-state index is -1.57. The minimum absolute atomic E-state index is 0.178. The van der Waals surface area contributed by atoms with E-state index in [9.17, 15) is 9.59 Å². The molecule has 0 saturated heterocycles. The first-order valence-electron chi connectivity index (χ1n) is 9.29. The van der Waals surface area contributed by atoms with Gasteiger partial charge in [-0.05, 0) is 39.3 Å². The predicted molar refractivity (Wildman–Crippen MR) is 103 cm³/mol. The van der Waals surface area contributed by atoms with Crippen LogP contribution in [0.15, 0.2) is 35.9 Å². The van der Waals surface area contributed by atoms with E-state index in [1.807, 2.05) is 44.2 Å². The number of nitrogens with one attached hydrogen (secondary N) is 2. The second-order valence-corrected chi connectivity index (χ2v) is 6.95. The first kappa shape index (κ1) is 19.2. The number of allylic oxidation sites excluding steroid dienone is 1. The Morgan fingerprint density at radius 3 is 2.37 bits per heavy atom. The van der Waals surface area contributed by atoms with Crippen molar-refractivity contribution in [2.45, 2.75) is 45.7 Å². The summed E-state index contributed by atoms with van der Waals surface area (Å²) < 4.78 is 10.6. The van der Waals surface area contributed by atoms with Crippen LogP contribution >= 0.6 is 0 Å². The van der Waals surface area contributed by atoms with Crippen LogP contribution in [0.25, 0.3) is 10.9 Å². The summed E-state index contributed by atoms with van der Waals surface area (Å²) in [6.45, 7) is 7.80. The van der Waals surface area contributed by atoms with Crippen LogP contribution in [0.2, 0.25) is 0 Å². The van der Waals surface area contributed by atoms with Gasteiger partial charge in [0.25, 0.3) is 0 Å². The zero-order valence-electron chi connectivity index (χ0n) is 16.2. The SMILES string of the molecule is CCOC(=O)C1(C(=O)OCC)Cc2c([nH]c3ccccc23)C(C=C(C)C)N1. The van der Waals surface area contributed by atoms with Crippen LogP contribution in [0.4, 0.5) is 0 Å². The Morgan fingerprint density at radius 1 is 1.15 bits per heavy atom. The monoisotopic (exact) mass is 370 g/mol. The molecule has 6 nitrogen and oxygen atoms in total. The molecule has 6 heteroatoms. The van der Waals surface area contributed by atoms with Gasteiger partial charge in [0.05, 0.1) is 19.3 Å². The molecule has 2 aromatic rings. The van der Waals surface area contributed by atoms with Crippen molar-refractivity contribution in [3.05, 3.63) is 47.2 Å². The van der Waals surface area contributed by atoms with Gasteiger partial charge in [-0.25, -0.2) is 9.59 Å². The predicted octanol–water partition coefficient (Wildman–Crippen LogP) is 3.19. The first-order valence-corrected chi connectivity index (χ1v) is 9.29. The molecule has 1 aromatic carbocycles. The number of ether oxygens (including phenoxy) is 2. The maximum absolute atomic E-state index is 12.9. The second-order valence-electron chi connectivity index (χ2n) is 6.95. The van der Waals surface area contributed by atoms with Crippen molar-refractivity contribution in [1.82, 2.24) is 10.3 Å². The summed E-state index contributed by atoms with van der Waals surface area (Å²) in [7, 11) is 0. The summed E-state index contributed by atoms with van der Waals surface area (Å²) in [6, 6.07) is 7.56. The van der Waals surface area contributed by atoms with Gasteiger partial charge in [0, 0.05) is 23.0 Å². The van der Waals surface area contributed by atoms with Crippen molar-refractivity contribution in [2.75, 3.05) is 13.2 Å². The fourth-order valence-electron chi connectivity index (χ4n) is 3.64. The van der Waals surface area contributed by atoms with Crippen LogP contribution in [-0.2, 0) is 25.5 Å². The quantitative estimate of drug-likeness (QED) is 0.480. The largest absolute Gasteiger partial charge is 0.464 e. The van der Waals surface area contributed by atoms with Gasteiger partial charge in [0.15, 0.2) is 0 Å². The number of benzene rings is 1. The van der Waals surface area contributed by atoms with Gasteiger partial charge in [-0.1, -0.05) is 29.8 Å². The van der Waals surface area contributed by atoms with Crippen molar-refractivity contribution in [3.63, 3.8) is 0 Å². The van der Waals surface area contributed by atoms with Gasteiger partial charge >= 0.3 is 11.9 Å². The molecule has 2 heterocycles. The Bertz CT molecular complexity index is 875. The molecule has 0 aliphatic carbocycles. The Balaban J connectivity index is 2.21. The zero-order chi connectivity index (χ0) is 19.6. The molecule has 27 heavy (non-hydrogen) atoms. The number of aromatic nitrogens is 1. The van der Waals surface area contributed by atoms with Crippen molar-refractivity contribution >= 4 is 22.8 Å². The lowest BCUT2D eigenvalue weighted by Gasteiger charge is -2.37. The van der Waals surface area contributed by atoms with Crippen LogP contribution in [-0.4, -0.2) is 35.7 Å². The van der Waals surface area contributed by atoms with Crippen LogP contribution in [0.5, 0.6) is 0 Å². The highest BCUT2D eigenvalue weighted by Gasteiger charge is 2.53. The van der Waals surface area contributed by atoms with E-state index in [0.717, 1.165) is 27.7 Å². The fraction of sp³-hybridized carbons (Fsp3) is 0.429. The second kappa shape index (κ2) is 7.56. The highest BCUT2D eigenvalue weighted by atomic mass is 16.6. The van der Waals surface area contributed by atoms with E-state index < -0.39 is 17.5 Å². The normalized spacial score (nSPS) is 17.9. The summed E-state index contributed by atoms with van der Waals surface area (Å²) in [5.41, 5.74) is 2.37. The van der Waals surface area contributed by atoms with Gasteiger partial charge < -0.3 is 14.5 Å². The minimum Gasteiger partial charge on any atom is -0.464 e. The number of carbonyl (C=O) groups excluding carboxylic acids is 2. The number of esters is 2. The summed E-state index contributed by atoms with van der Waals surface area (Å²) in [4.78, 5) is 29.3. The molecule has 1 aromatic heterocycles. The maximum atomic E-state index is 12.9. The maximum Gasteiger partial charge on any atom is 0.338 e. The molecule has 0 amide bonds. The number of hydrogen-bond acceptors (Lipinski definition) is 5. The van der Waals surface area contributed by atoms with Crippen molar-refractivity contribution in [2.24, 2.45) is 0 Å². The van der Waals surface area contributed by atoms with Crippen LogP contribution in [0.1, 0.15) is 45.0 Å². The van der Waals surface area contributed by atoms with Crippen molar-refractivity contribution in [1.29, 1.82) is 0 Å². The highest BCUT2D eigenvalue weighted by molar-refractivity contribution is 6.06. The summed E-state index contributed by atoms with van der Waals surface area (Å²) in [5.74, 6) is -1.21. The van der Waals surface area contributed by atoms with Crippen LogP contribution in [0, 0.1) is 0 Å². The van der Waals surface area contributed by atoms with E-state index in [4.69, 9.17) is 9.47 Å². The lowest BCUT2D eigenvalue weighted by atomic mass is 9.82. The molecule has 3 rings (SSSR count). The molecular formula is C21H26N2O4. The average molecular weight is 370 g/mol. The molecule has 1 aliphatic rings. The molecule has 1 aliphatic heterocycles. The van der Waals surface area contributed by atoms with Crippen LogP contribution in [0.3, 0.4) is 0 Å². The summed E-state index contributed by atoms with van der Waals surface area (Å²) in [5, 5.41) is 4.23.